The second kappa shape index (κ2) is 7.73. The van der Waals surface area contributed by atoms with Gasteiger partial charge in [0.05, 0.1) is 11.2 Å². The molecule has 6 heteroatoms. The summed E-state index contributed by atoms with van der Waals surface area (Å²) in [4.78, 5) is 19.3. The fraction of sp³-hybridized carbons (Fsp3) is 0.400. The van der Waals surface area contributed by atoms with E-state index in [0.717, 1.165) is 36.5 Å². The number of piperidine rings is 1. The zero-order valence-corrected chi connectivity index (χ0v) is 17.9. The van der Waals surface area contributed by atoms with Crippen molar-refractivity contribution in [2.75, 3.05) is 18.0 Å². The van der Waals surface area contributed by atoms with Gasteiger partial charge in [-0.05, 0) is 48.6 Å². The smallest absolute Gasteiger partial charge is 0.252 e. The topological polar surface area (TPSA) is 71.2 Å². The molecule has 0 spiro atoms. The second-order valence-electron chi connectivity index (χ2n) is 8.82. The van der Waals surface area contributed by atoms with E-state index in [1.807, 2.05) is 6.07 Å². The number of aromatic nitrogens is 2. The Morgan fingerprint density at radius 3 is 2.74 bits per heavy atom. The van der Waals surface area contributed by atoms with Crippen LogP contribution < -0.4 is 15.2 Å². The molecule has 1 aliphatic heterocycles. The quantitative estimate of drug-likeness (QED) is 0.646. The van der Waals surface area contributed by atoms with Gasteiger partial charge in [-0.15, -0.1) is 0 Å². The number of hydrogen-bond donors (Lipinski definition) is 0. The summed E-state index contributed by atoms with van der Waals surface area (Å²) in [6.45, 7) is 3.74. The summed E-state index contributed by atoms with van der Waals surface area (Å²) in [6.07, 6.45) is 3.56. The van der Waals surface area contributed by atoms with Crippen LogP contribution in [0.1, 0.15) is 43.4 Å². The highest BCUT2D eigenvalue weighted by atomic mass is 16.5. The van der Waals surface area contributed by atoms with E-state index in [0.29, 0.717) is 17.1 Å². The van der Waals surface area contributed by atoms with Crippen LogP contribution in [0.5, 0.6) is 5.75 Å². The van der Waals surface area contributed by atoms with Crippen LogP contribution in [-0.4, -0.2) is 28.7 Å². The van der Waals surface area contributed by atoms with Crippen molar-refractivity contribution in [2.24, 2.45) is 13.0 Å². The lowest BCUT2D eigenvalue weighted by molar-refractivity contribution is 0.121. The summed E-state index contributed by atoms with van der Waals surface area (Å²) in [5.74, 6) is 1.95. The van der Waals surface area contributed by atoms with Gasteiger partial charge in [0.1, 0.15) is 29.1 Å². The monoisotopic (exact) mass is 414 g/mol. The standard InChI is InChI=1S/C25H26N4O2/c1-16-15-29(11-10-23(16)31-20-5-3-4-18(12-20)17-6-7-17)22-13-24(30)28(2)21-9-8-19(14-26)27-25(21)22/h3-5,8-9,12-13,16-17,23H,6-7,10-11,15H2,1-2H3/t16?,23-/m1/s1. The summed E-state index contributed by atoms with van der Waals surface area (Å²) < 4.78 is 7.97. The maximum absolute atomic E-state index is 12.5. The van der Waals surface area contributed by atoms with Crippen molar-refractivity contribution < 1.29 is 4.74 Å². The van der Waals surface area contributed by atoms with Crippen LogP contribution in [0.3, 0.4) is 0 Å². The number of fused-ring (bicyclic) bond motifs is 1. The predicted molar refractivity (Wildman–Crippen MR) is 121 cm³/mol. The Hall–Kier alpha value is -3.33. The first-order chi connectivity index (χ1) is 15.0. The van der Waals surface area contributed by atoms with Crippen molar-refractivity contribution in [1.29, 1.82) is 5.26 Å². The molecule has 0 bridgehead atoms. The molecule has 5 rings (SSSR count). The first kappa shape index (κ1) is 19.6. The van der Waals surface area contributed by atoms with Crippen molar-refractivity contribution in [3.05, 3.63) is 64.1 Å². The van der Waals surface area contributed by atoms with Crippen LogP contribution in [0.25, 0.3) is 11.0 Å². The Morgan fingerprint density at radius 1 is 1.16 bits per heavy atom. The van der Waals surface area contributed by atoms with E-state index in [2.05, 4.69) is 41.1 Å². The molecule has 6 nitrogen and oxygen atoms in total. The molecular formula is C25H26N4O2. The van der Waals surface area contributed by atoms with Crippen molar-refractivity contribution >= 4 is 16.7 Å². The zero-order valence-electron chi connectivity index (χ0n) is 17.9. The molecule has 1 saturated carbocycles. The van der Waals surface area contributed by atoms with E-state index in [1.165, 1.54) is 18.4 Å². The number of rotatable bonds is 4. The Morgan fingerprint density at radius 2 is 2.00 bits per heavy atom. The molecule has 2 aromatic heterocycles. The normalized spacial score (nSPS) is 21.1. The summed E-state index contributed by atoms with van der Waals surface area (Å²) in [5.41, 5.74) is 3.91. The lowest BCUT2D eigenvalue weighted by atomic mass is 9.95. The number of hydrogen-bond acceptors (Lipinski definition) is 5. The third-order valence-corrected chi connectivity index (χ3v) is 6.54. The Labute approximate surface area is 181 Å². The first-order valence-electron chi connectivity index (χ1n) is 11.0. The second-order valence-corrected chi connectivity index (χ2v) is 8.82. The van der Waals surface area contributed by atoms with Crippen LogP contribution in [0, 0.1) is 17.2 Å². The number of nitriles is 1. The van der Waals surface area contributed by atoms with Crippen LogP contribution in [0.4, 0.5) is 5.69 Å². The van der Waals surface area contributed by atoms with Crippen LogP contribution in [0.2, 0.25) is 0 Å². The largest absolute Gasteiger partial charge is 0.490 e. The van der Waals surface area contributed by atoms with Gasteiger partial charge in [0.15, 0.2) is 0 Å². The maximum Gasteiger partial charge on any atom is 0.252 e. The average molecular weight is 415 g/mol. The van der Waals surface area contributed by atoms with Gasteiger partial charge in [0, 0.05) is 38.5 Å². The fourth-order valence-corrected chi connectivity index (χ4v) is 4.57. The third kappa shape index (κ3) is 3.76. The molecule has 158 valence electrons. The number of anilines is 1. The summed E-state index contributed by atoms with van der Waals surface area (Å²) >= 11 is 0. The highest BCUT2D eigenvalue weighted by Crippen LogP contribution is 2.41. The molecule has 0 radical (unpaired) electrons. The predicted octanol–water partition coefficient (Wildman–Crippen LogP) is 3.98. The minimum Gasteiger partial charge on any atom is -0.490 e. The van der Waals surface area contributed by atoms with Crippen LogP contribution in [0.15, 0.2) is 47.3 Å². The molecule has 0 N–H and O–H groups in total. The Kier molecular flexibility index (Phi) is 4.90. The maximum atomic E-state index is 12.5. The third-order valence-electron chi connectivity index (χ3n) is 6.54. The molecule has 3 heterocycles. The molecule has 1 aromatic carbocycles. The van der Waals surface area contributed by atoms with Gasteiger partial charge >= 0.3 is 0 Å². The van der Waals surface area contributed by atoms with Gasteiger partial charge in [0.25, 0.3) is 5.56 Å². The van der Waals surface area contributed by atoms with Crippen LogP contribution >= 0.6 is 0 Å². The van der Waals surface area contributed by atoms with Gasteiger partial charge < -0.3 is 14.2 Å². The fourth-order valence-electron chi connectivity index (χ4n) is 4.57. The molecule has 0 amide bonds. The summed E-state index contributed by atoms with van der Waals surface area (Å²) in [5, 5.41) is 9.29. The number of nitrogens with zero attached hydrogens (tertiary/aromatic N) is 4. The highest BCUT2D eigenvalue weighted by molar-refractivity contribution is 5.88. The summed E-state index contributed by atoms with van der Waals surface area (Å²) in [6, 6.07) is 15.7. The van der Waals surface area contributed by atoms with Gasteiger partial charge in [0.2, 0.25) is 0 Å². The van der Waals surface area contributed by atoms with Gasteiger partial charge in [-0.25, -0.2) is 4.98 Å². The average Bonchev–Trinajstić information content (AvgIpc) is 3.63. The zero-order chi connectivity index (χ0) is 21.5. The van der Waals surface area contributed by atoms with Crippen LogP contribution in [-0.2, 0) is 7.05 Å². The molecule has 1 unspecified atom stereocenters. The minimum absolute atomic E-state index is 0.0723. The van der Waals surface area contributed by atoms with E-state index in [4.69, 9.17) is 4.74 Å². The molecule has 1 saturated heterocycles. The first-order valence-corrected chi connectivity index (χ1v) is 11.0. The van der Waals surface area contributed by atoms with Gasteiger partial charge in [-0.2, -0.15) is 5.26 Å². The van der Waals surface area contributed by atoms with E-state index in [9.17, 15) is 10.1 Å². The molecule has 3 aromatic rings. The molecule has 2 aliphatic rings. The molecule has 2 fully saturated rings. The summed E-state index contributed by atoms with van der Waals surface area (Å²) in [7, 11) is 1.74. The number of pyridine rings is 2. The van der Waals surface area contributed by atoms with E-state index < -0.39 is 0 Å². The number of benzene rings is 1. The SMILES string of the molecule is CC1CN(c2cc(=O)n(C)c3ccc(C#N)nc23)CC[C@H]1Oc1cccc(C2CC2)c1. The van der Waals surface area contributed by atoms with E-state index in [1.54, 1.807) is 29.8 Å². The van der Waals surface area contributed by atoms with Crippen molar-refractivity contribution in [3.8, 4) is 11.8 Å². The van der Waals surface area contributed by atoms with Gasteiger partial charge in [-0.1, -0.05) is 19.1 Å². The van der Waals surface area contributed by atoms with Crippen molar-refractivity contribution in [2.45, 2.75) is 38.2 Å². The number of aryl methyl sites for hydroxylation is 1. The molecular weight excluding hydrogens is 388 g/mol. The highest BCUT2D eigenvalue weighted by Gasteiger charge is 2.30. The number of ether oxygens (including phenoxy) is 1. The van der Waals surface area contributed by atoms with E-state index in [-0.39, 0.29) is 17.6 Å². The van der Waals surface area contributed by atoms with Gasteiger partial charge in [-0.3, -0.25) is 4.79 Å². The molecule has 2 atom stereocenters. The molecule has 31 heavy (non-hydrogen) atoms. The minimum atomic E-state index is -0.0723. The Bertz CT molecular complexity index is 1240. The van der Waals surface area contributed by atoms with E-state index >= 15 is 0 Å². The van der Waals surface area contributed by atoms with Crippen molar-refractivity contribution in [1.82, 2.24) is 9.55 Å². The van der Waals surface area contributed by atoms with Crippen molar-refractivity contribution in [3.63, 3.8) is 0 Å². The molecule has 1 aliphatic carbocycles. The lowest BCUT2D eigenvalue weighted by Crippen LogP contribution is -2.45. The lowest BCUT2D eigenvalue weighted by Gasteiger charge is -2.38. The Balaban J connectivity index is 1.39.